The molecule has 0 aliphatic carbocycles. The van der Waals surface area contributed by atoms with E-state index in [0.29, 0.717) is 12.4 Å². The summed E-state index contributed by atoms with van der Waals surface area (Å²) in [6.45, 7) is 6.35. The zero-order valence-electron chi connectivity index (χ0n) is 11.7. The molecular formula is C14H16N4O2. The van der Waals surface area contributed by atoms with Crippen LogP contribution in [-0.2, 0) is 12.0 Å². The topological polar surface area (TPSA) is 65.5 Å². The number of fused-ring (bicyclic) bond motifs is 1. The van der Waals surface area contributed by atoms with Crippen molar-refractivity contribution in [3.05, 3.63) is 42.1 Å². The van der Waals surface area contributed by atoms with Gasteiger partial charge in [-0.3, -0.25) is 4.52 Å². The van der Waals surface area contributed by atoms with Crippen LogP contribution in [0.1, 0.15) is 32.3 Å². The first-order valence-corrected chi connectivity index (χ1v) is 6.42. The number of aromatic nitrogens is 4. The predicted octanol–water partition coefficient (Wildman–Crippen LogP) is 2.59. The van der Waals surface area contributed by atoms with Crippen LogP contribution < -0.4 is 4.74 Å². The second-order valence-corrected chi connectivity index (χ2v) is 5.62. The van der Waals surface area contributed by atoms with Crippen LogP contribution in [0, 0.1) is 0 Å². The van der Waals surface area contributed by atoms with Gasteiger partial charge in [-0.15, -0.1) is 0 Å². The fourth-order valence-corrected chi connectivity index (χ4v) is 1.77. The second kappa shape index (κ2) is 4.63. The van der Waals surface area contributed by atoms with Crippen LogP contribution in [-0.4, -0.2) is 19.5 Å². The van der Waals surface area contributed by atoms with Crippen LogP contribution in [0.2, 0.25) is 0 Å². The molecule has 104 valence electrons. The molecule has 0 saturated carbocycles. The minimum absolute atomic E-state index is 0.159. The van der Waals surface area contributed by atoms with Crippen molar-refractivity contribution in [1.29, 1.82) is 0 Å². The van der Waals surface area contributed by atoms with Crippen molar-refractivity contribution in [2.75, 3.05) is 0 Å². The molecule has 0 saturated heterocycles. The average Bonchev–Trinajstić information content (AvgIpc) is 3.02. The van der Waals surface area contributed by atoms with E-state index >= 15 is 0 Å². The van der Waals surface area contributed by atoms with Gasteiger partial charge in [0, 0.05) is 17.8 Å². The predicted molar refractivity (Wildman–Crippen MR) is 72.5 cm³/mol. The maximum Gasteiger partial charge on any atom is 0.417 e. The van der Waals surface area contributed by atoms with Gasteiger partial charge in [-0.2, -0.15) is 4.98 Å². The first-order valence-electron chi connectivity index (χ1n) is 6.42. The van der Waals surface area contributed by atoms with E-state index in [9.17, 15) is 0 Å². The van der Waals surface area contributed by atoms with Crippen LogP contribution in [0.4, 0.5) is 0 Å². The van der Waals surface area contributed by atoms with Crippen molar-refractivity contribution in [1.82, 2.24) is 19.5 Å². The van der Waals surface area contributed by atoms with Crippen molar-refractivity contribution < 1.29 is 9.26 Å². The molecular weight excluding hydrogens is 256 g/mol. The minimum Gasteiger partial charge on any atom is -0.442 e. The van der Waals surface area contributed by atoms with Gasteiger partial charge in [0.25, 0.3) is 0 Å². The lowest BCUT2D eigenvalue weighted by atomic mass is 9.96. The van der Waals surface area contributed by atoms with Gasteiger partial charge in [0.1, 0.15) is 12.3 Å². The Morgan fingerprint density at radius 2 is 2.10 bits per heavy atom. The van der Waals surface area contributed by atoms with Crippen LogP contribution in [0.5, 0.6) is 6.08 Å². The van der Waals surface area contributed by atoms with Crippen molar-refractivity contribution >= 4 is 5.65 Å². The summed E-state index contributed by atoms with van der Waals surface area (Å²) < 4.78 is 12.5. The standard InChI is InChI=1S/C14H16N4O2/c1-14(2,3)12-16-13(20-17-12)19-9-10-8-18-7-5-4-6-11(18)15-10/h4-8H,9H2,1-3H3. The third kappa shape index (κ3) is 2.49. The molecule has 6 nitrogen and oxygen atoms in total. The van der Waals surface area contributed by atoms with Crippen LogP contribution in [0.25, 0.3) is 5.65 Å². The highest BCUT2D eigenvalue weighted by molar-refractivity contribution is 5.39. The third-order valence-electron chi connectivity index (χ3n) is 2.84. The van der Waals surface area contributed by atoms with E-state index in [1.807, 2.05) is 55.8 Å². The molecule has 0 fully saturated rings. The van der Waals surface area contributed by atoms with Crippen molar-refractivity contribution in [3.8, 4) is 6.08 Å². The van der Waals surface area contributed by atoms with Gasteiger partial charge in [-0.05, 0) is 12.1 Å². The van der Waals surface area contributed by atoms with E-state index in [1.54, 1.807) is 0 Å². The van der Waals surface area contributed by atoms with Gasteiger partial charge in [0.2, 0.25) is 0 Å². The number of hydrogen-bond acceptors (Lipinski definition) is 5. The SMILES string of the molecule is CC(C)(C)c1noc(OCc2cn3ccccc3n2)n1. The molecule has 3 heterocycles. The largest absolute Gasteiger partial charge is 0.442 e. The Morgan fingerprint density at radius 1 is 1.25 bits per heavy atom. The summed E-state index contributed by atoms with van der Waals surface area (Å²) in [5.74, 6) is 0.627. The molecule has 0 spiro atoms. The molecule has 0 aliphatic rings. The molecule has 0 N–H and O–H groups in total. The third-order valence-corrected chi connectivity index (χ3v) is 2.84. The van der Waals surface area contributed by atoms with Crippen LogP contribution in [0.3, 0.4) is 0 Å². The fourth-order valence-electron chi connectivity index (χ4n) is 1.77. The summed E-state index contributed by atoms with van der Waals surface area (Å²) in [6.07, 6.45) is 4.03. The molecule has 0 aliphatic heterocycles. The van der Waals surface area contributed by atoms with Crippen molar-refractivity contribution in [3.63, 3.8) is 0 Å². The van der Waals surface area contributed by atoms with E-state index in [-0.39, 0.29) is 11.5 Å². The number of rotatable bonds is 3. The summed E-state index contributed by atoms with van der Waals surface area (Å²) in [5, 5.41) is 3.91. The number of nitrogens with zero attached hydrogens (tertiary/aromatic N) is 4. The summed E-state index contributed by atoms with van der Waals surface area (Å²) in [5.41, 5.74) is 1.53. The van der Waals surface area contributed by atoms with E-state index < -0.39 is 0 Å². The monoisotopic (exact) mass is 272 g/mol. The van der Waals surface area contributed by atoms with Crippen LogP contribution in [0.15, 0.2) is 35.1 Å². The van der Waals surface area contributed by atoms with Gasteiger partial charge in [0.15, 0.2) is 5.82 Å². The maximum absolute atomic E-state index is 5.48. The molecule has 0 unspecified atom stereocenters. The Morgan fingerprint density at radius 3 is 2.80 bits per heavy atom. The highest BCUT2D eigenvalue weighted by atomic mass is 16.6. The van der Waals surface area contributed by atoms with Crippen molar-refractivity contribution in [2.45, 2.75) is 32.8 Å². The smallest absolute Gasteiger partial charge is 0.417 e. The maximum atomic E-state index is 5.48. The molecule has 3 aromatic heterocycles. The summed E-state index contributed by atoms with van der Waals surface area (Å²) >= 11 is 0. The molecule has 0 bridgehead atoms. The lowest BCUT2D eigenvalue weighted by molar-refractivity contribution is 0.192. The summed E-state index contributed by atoms with van der Waals surface area (Å²) in [6, 6.07) is 5.83. The number of pyridine rings is 1. The van der Waals surface area contributed by atoms with Gasteiger partial charge in [-0.25, -0.2) is 4.98 Å². The molecule has 0 aromatic carbocycles. The number of hydrogen-bond donors (Lipinski definition) is 0. The second-order valence-electron chi connectivity index (χ2n) is 5.62. The quantitative estimate of drug-likeness (QED) is 0.733. The molecule has 0 radical (unpaired) electrons. The minimum atomic E-state index is -0.159. The number of ether oxygens (including phenoxy) is 1. The first-order chi connectivity index (χ1) is 9.52. The Labute approximate surface area is 116 Å². The Kier molecular flexibility index (Phi) is 2.93. The zero-order chi connectivity index (χ0) is 14.2. The molecule has 6 heteroatoms. The van der Waals surface area contributed by atoms with E-state index in [2.05, 4.69) is 15.1 Å². The van der Waals surface area contributed by atoms with Gasteiger partial charge in [0.05, 0.1) is 5.69 Å². The highest BCUT2D eigenvalue weighted by Gasteiger charge is 2.21. The fraction of sp³-hybridized carbons (Fsp3) is 0.357. The Hall–Kier alpha value is -2.37. The molecule has 20 heavy (non-hydrogen) atoms. The Balaban J connectivity index is 1.71. The van der Waals surface area contributed by atoms with Crippen molar-refractivity contribution in [2.24, 2.45) is 0 Å². The van der Waals surface area contributed by atoms with E-state index in [0.717, 1.165) is 11.3 Å². The van der Waals surface area contributed by atoms with E-state index in [4.69, 9.17) is 9.26 Å². The lowest BCUT2D eigenvalue weighted by Crippen LogP contribution is -2.13. The van der Waals surface area contributed by atoms with E-state index in [1.165, 1.54) is 0 Å². The normalized spacial score (nSPS) is 11.9. The molecule has 0 atom stereocenters. The van der Waals surface area contributed by atoms with Gasteiger partial charge in [-0.1, -0.05) is 32.0 Å². The van der Waals surface area contributed by atoms with Crippen LogP contribution >= 0.6 is 0 Å². The summed E-state index contributed by atoms with van der Waals surface area (Å²) in [7, 11) is 0. The lowest BCUT2D eigenvalue weighted by Gasteiger charge is -2.10. The molecule has 3 rings (SSSR count). The molecule has 0 amide bonds. The summed E-state index contributed by atoms with van der Waals surface area (Å²) in [4.78, 5) is 8.65. The van der Waals surface area contributed by atoms with Gasteiger partial charge < -0.3 is 9.14 Å². The molecule has 3 aromatic rings. The first kappa shape index (κ1) is 12.7. The average molecular weight is 272 g/mol. The van der Waals surface area contributed by atoms with Gasteiger partial charge >= 0.3 is 6.08 Å². The Bertz CT molecular complexity index is 691. The highest BCUT2D eigenvalue weighted by Crippen LogP contribution is 2.21. The zero-order valence-corrected chi connectivity index (χ0v) is 11.7. The number of imidazole rings is 1.